The van der Waals surface area contributed by atoms with Crippen molar-refractivity contribution in [2.45, 2.75) is 104 Å². The molecule has 1 heteroatoms. The van der Waals surface area contributed by atoms with E-state index in [2.05, 4.69) is 27.7 Å². The molecule has 0 heterocycles. The Kier molecular flexibility index (Phi) is 10.8. The molecule has 0 rings (SSSR count). The Morgan fingerprint density at radius 2 is 1.22 bits per heavy atom. The number of rotatable bonds is 12. The summed E-state index contributed by atoms with van der Waals surface area (Å²) in [6.45, 7) is 8.82. The second kappa shape index (κ2) is 10.8. The highest BCUT2D eigenvalue weighted by Crippen LogP contribution is 2.36. The Morgan fingerprint density at radius 1 is 0.722 bits per heavy atom. The summed E-state index contributed by atoms with van der Waals surface area (Å²) >= 11 is 0. The van der Waals surface area contributed by atoms with Crippen LogP contribution in [0.4, 0.5) is 0 Å². The van der Waals surface area contributed by atoms with Crippen LogP contribution in [-0.2, 0) is 5.11 Å². The van der Waals surface area contributed by atoms with Crippen molar-refractivity contribution < 1.29 is 5.11 Å². The van der Waals surface area contributed by atoms with E-state index < -0.39 is 5.60 Å². The van der Waals surface area contributed by atoms with Gasteiger partial charge in [-0.3, -0.25) is 0 Å². The van der Waals surface area contributed by atoms with E-state index in [9.17, 15) is 5.11 Å². The molecule has 0 amide bonds. The van der Waals surface area contributed by atoms with Crippen LogP contribution in [0.25, 0.3) is 0 Å². The van der Waals surface area contributed by atoms with Crippen LogP contribution in [-0.4, -0.2) is 5.60 Å². The minimum Gasteiger partial charge on any atom is -0.229 e. The fraction of sp³-hybridized carbons (Fsp3) is 1.00. The molecule has 0 aliphatic rings. The number of hydrogen-bond donors (Lipinski definition) is 0. The molecule has 1 unspecified atom stereocenters. The van der Waals surface area contributed by atoms with Crippen LogP contribution in [0.5, 0.6) is 0 Å². The molecule has 0 aromatic carbocycles. The molecule has 109 valence electrons. The average Bonchev–Trinajstić information content (AvgIpc) is 2.37. The van der Waals surface area contributed by atoms with Gasteiger partial charge in [-0.25, -0.2) is 5.11 Å². The minimum atomic E-state index is -0.630. The fourth-order valence-corrected chi connectivity index (χ4v) is 3.00. The van der Waals surface area contributed by atoms with Gasteiger partial charge in [0.15, 0.2) is 0 Å². The van der Waals surface area contributed by atoms with Crippen LogP contribution in [0, 0.1) is 5.92 Å². The first-order valence-electron chi connectivity index (χ1n) is 8.34. The molecule has 0 bridgehead atoms. The van der Waals surface area contributed by atoms with Crippen LogP contribution in [0.15, 0.2) is 0 Å². The lowest BCUT2D eigenvalue weighted by molar-refractivity contribution is -0.0984. The lowest BCUT2D eigenvalue weighted by Crippen LogP contribution is -2.36. The molecule has 0 fully saturated rings. The van der Waals surface area contributed by atoms with Crippen molar-refractivity contribution in [3.8, 4) is 0 Å². The topological polar surface area (TPSA) is 19.9 Å². The average molecular weight is 255 g/mol. The second-order valence-electron chi connectivity index (χ2n) is 5.90. The van der Waals surface area contributed by atoms with Gasteiger partial charge in [0.25, 0.3) is 0 Å². The van der Waals surface area contributed by atoms with E-state index in [-0.39, 0.29) is 0 Å². The van der Waals surface area contributed by atoms with Gasteiger partial charge in [-0.15, -0.1) is 0 Å². The third kappa shape index (κ3) is 6.78. The summed E-state index contributed by atoms with van der Waals surface area (Å²) < 4.78 is 0. The summed E-state index contributed by atoms with van der Waals surface area (Å²) in [6, 6.07) is 0. The van der Waals surface area contributed by atoms with Gasteiger partial charge >= 0.3 is 0 Å². The summed E-state index contributed by atoms with van der Waals surface area (Å²) in [6.07, 6.45) is 12.3. The Bertz CT molecular complexity index is 170. The van der Waals surface area contributed by atoms with Crippen molar-refractivity contribution in [2.75, 3.05) is 0 Å². The van der Waals surface area contributed by atoms with Gasteiger partial charge in [0.1, 0.15) is 5.60 Å². The number of hydrogen-bond acceptors (Lipinski definition) is 0. The molecule has 0 aliphatic heterocycles. The van der Waals surface area contributed by atoms with Crippen molar-refractivity contribution >= 4 is 0 Å². The quantitative estimate of drug-likeness (QED) is 0.399. The summed E-state index contributed by atoms with van der Waals surface area (Å²) in [5.74, 6) is 0.420. The van der Waals surface area contributed by atoms with Gasteiger partial charge in [0, 0.05) is 0 Å². The van der Waals surface area contributed by atoms with Gasteiger partial charge in [0.2, 0.25) is 0 Å². The zero-order valence-electron chi connectivity index (χ0n) is 13.3. The first-order chi connectivity index (χ1) is 8.64. The van der Waals surface area contributed by atoms with Crippen LogP contribution in [0.1, 0.15) is 98.3 Å². The minimum absolute atomic E-state index is 0.420. The molecule has 1 radical (unpaired) electrons. The Balaban J connectivity index is 4.58. The van der Waals surface area contributed by atoms with E-state index in [0.29, 0.717) is 5.92 Å². The summed E-state index contributed by atoms with van der Waals surface area (Å²) in [4.78, 5) is 0. The smallest absolute Gasteiger partial charge is 0.106 e. The fourth-order valence-electron chi connectivity index (χ4n) is 3.00. The Hall–Kier alpha value is -0.0400. The third-order valence-corrected chi connectivity index (χ3v) is 4.18. The highest BCUT2D eigenvalue weighted by molar-refractivity contribution is 4.85. The van der Waals surface area contributed by atoms with E-state index in [1.807, 2.05) is 0 Å². The van der Waals surface area contributed by atoms with Gasteiger partial charge in [-0.1, -0.05) is 72.6 Å². The molecule has 0 saturated heterocycles. The van der Waals surface area contributed by atoms with Gasteiger partial charge in [0.05, 0.1) is 0 Å². The normalized spacial score (nSPS) is 15.0. The van der Waals surface area contributed by atoms with E-state index in [1.54, 1.807) is 0 Å². The molecule has 0 aromatic heterocycles. The molecular formula is C17H35O. The van der Waals surface area contributed by atoms with Crippen LogP contribution >= 0.6 is 0 Å². The van der Waals surface area contributed by atoms with E-state index in [1.165, 1.54) is 25.7 Å². The monoisotopic (exact) mass is 255 g/mol. The maximum Gasteiger partial charge on any atom is 0.106 e. The van der Waals surface area contributed by atoms with Crippen molar-refractivity contribution in [2.24, 2.45) is 5.92 Å². The molecule has 1 nitrogen and oxygen atoms in total. The molecule has 0 aliphatic carbocycles. The SMILES string of the molecule is CCCCC(CCCC)C([O])(CCC)CCCC. The predicted molar refractivity (Wildman–Crippen MR) is 80.4 cm³/mol. The Labute approximate surface area is 115 Å². The molecule has 18 heavy (non-hydrogen) atoms. The van der Waals surface area contributed by atoms with Crippen molar-refractivity contribution in [1.82, 2.24) is 0 Å². The maximum absolute atomic E-state index is 13.2. The van der Waals surface area contributed by atoms with Crippen molar-refractivity contribution in [3.05, 3.63) is 0 Å². The summed E-state index contributed by atoms with van der Waals surface area (Å²) in [5, 5.41) is 13.2. The van der Waals surface area contributed by atoms with Crippen molar-refractivity contribution in [3.63, 3.8) is 0 Å². The van der Waals surface area contributed by atoms with Crippen molar-refractivity contribution in [1.29, 1.82) is 0 Å². The lowest BCUT2D eigenvalue weighted by Gasteiger charge is -2.34. The summed E-state index contributed by atoms with van der Waals surface area (Å²) in [7, 11) is 0. The largest absolute Gasteiger partial charge is 0.229 e. The second-order valence-corrected chi connectivity index (χ2v) is 5.90. The molecule has 1 atom stereocenters. The van der Waals surface area contributed by atoms with Crippen LogP contribution in [0.2, 0.25) is 0 Å². The summed E-state index contributed by atoms with van der Waals surface area (Å²) in [5.41, 5.74) is -0.630. The highest BCUT2D eigenvalue weighted by Gasteiger charge is 2.36. The van der Waals surface area contributed by atoms with E-state index in [0.717, 1.165) is 44.9 Å². The lowest BCUT2D eigenvalue weighted by atomic mass is 9.75. The van der Waals surface area contributed by atoms with Gasteiger partial charge in [-0.2, -0.15) is 0 Å². The zero-order valence-corrected chi connectivity index (χ0v) is 13.3. The highest BCUT2D eigenvalue weighted by atomic mass is 16.3. The zero-order chi connectivity index (χ0) is 13.9. The molecule has 0 saturated carbocycles. The van der Waals surface area contributed by atoms with Crippen LogP contribution in [0.3, 0.4) is 0 Å². The first kappa shape index (κ1) is 18.0. The third-order valence-electron chi connectivity index (χ3n) is 4.18. The standard InChI is InChI=1S/C17H35O/c1-5-9-12-16(13-10-6-2)17(18,14-8-4)15-11-7-3/h16H,5-15H2,1-4H3. The maximum atomic E-state index is 13.2. The molecule has 0 N–H and O–H groups in total. The van der Waals surface area contributed by atoms with E-state index in [4.69, 9.17) is 0 Å². The van der Waals surface area contributed by atoms with E-state index >= 15 is 0 Å². The molecule has 0 spiro atoms. The molecule has 0 aromatic rings. The van der Waals surface area contributed by atoms with Gasteiger partial charge in [-0.05, 0) is 31.6 Å². The number of unbranched alkanes of at least 4 members (excludes halogenated alkanes) is 3. The van der Waals surface area contributed by atoms with Crippen LogP contribution < -0.4 is 0 Å². The predicted octanol–water partition coefficient (Wildman–Crippen LogP) is 6.14. The first-order valence-corrected chi connectivity index (χ1v) is 8.34. The van der Waals surface area contributed by atoms with Gasteiger partial charge < -0.3 is 0 Å². The molecular weight excluding hydrogens is 220 g/mol. The Morgan fingerprint density at radius 3 is 1.61 bits per heavy atom.